The average Bonchev–Trinajstić information content (AvgIpc) is 3.02. The maximum absolute atomic E-state index is 12.9. The van der Waals surface area contributed by atoms with Crippen LogP contribution in [0.25, 0.3) is 11.4 Å². The monoisotopic (exact) mass is 406 g/mol. The molecule has 1 aromatic carbocycles. The molecule has 4 aliphatic carbocycles. The highest BCUT2D eigenvalue weighted by molar-refractivity contribution is 5.90. The number of aromatic nitrogens is 2. The first-order valence-electron chi connectivity index (χ1n) is 11.8. The van der Waals surface area contributed by atoms with Gasteiger partial charge in [-0.15, -0.1) is 0 Å². The van der Waals surface area contributed by atoms with Gasteiger partial charge in [-0.2, -0.15) is 0 Å². The first-order valence-corrected chi connectivity index (χ1v) is 11.8. The Kier molecular flexibility index (Phi) is 4.99. The molecule has 0 aliphatic heterocycles. The summed E-state index contributed by atoms with van der Waals surface area (Å²) in [6.45, 7) is 4.35. The number of imidazole rings is 1. The molecular formula is C26H34N2O2. The topological polar surface area (TPSA) is 44.1 Å². The van der Waals surface area contributed by atoms with Gasteiger partial charge in [0.15, 0.2) is 5.69 Å². The van der Waals surface area contributed by atoms with Crippen molar-refractivity contribution < 1.29 is 9.53 Å². The Labute approximate surface area is 180 Å². The Balaban J connectivity index is 1.46. The second-order valence-corrected chi connectivity index (χ2v) is 10.2. The number of esters is 1. The quantitative estimate of drug-likeness (QED) is 0.576. The fourth-order valence-corrected chi connectivity index (χ4v) is 7.23. The molecule has 6 rings (SSSR count). The summed E-state index contributed by atoms with van der Waals surface area (Å²) >= 11 is 0. The lowest BCUT2D eigenvalue weighted by Crippen LogP contribution is -2.46. The van der Waals surface area contributed by atoms with Gasteiger partial charge in [-0.05, 0) is 93.9 Å². The van der Waals surface area contributed by atoms with Crippen molar-refractivity contribution in [3.05, 3.63) is 41.2 Å². The molecule has 1 aromatic heterocycles. The average molecular weight is 407 g/mol. The third-order valence-corrected chi connectivity index (χ3v) is 8.08. The molecule has 4 aliphatic rings. The van der Waals surface area contributed by atoms with Crippen LogP contribution in [0.5, 0.6) is 0 Å². The van der Waals surface area contributed by atoms with E-state index in [-0.39, 0.29) is 5.97 Å². The van der Waals surface area contributed by atoms with Crippen LogP contribution in [0.15, 0.2) is 24.3 Å². The van der Waals surface area contributed by atoms with E-state index in [4.69, 9.17) is 9.72 Å². The predicted molar refractivity (Wildman–Crippen MR) is 118 cm³/mol. The van der Waals surface area contributed by atoms with E-state index in [1.807, 2.05) is 30.7 Å². The van der Waals surface area contributed by atoms with E-state index in [9.17, 15) is 4.79 Å². The number of ether oxygens (including phenoxy) is 1. The van der Waals surface area contributed by atoms with Crippen LogP contribution in [0.2, 0.25) is 0 Å². The Bertz CT molecular complexity index is 923. The first-order chi connectivity index (χ1) is 14.5. The number of rotatable bonds is 6. The zero-order valence-electron chi connectivity index (χ0n) is 18.6. The van der Waals surface area contributed by atoms with E-state index in [2.05, 4.69) is 19.1 Å². The highest BCUT2D eigenvalue weighted by Crippen LogP contribution is 2.61. The van der Waals surface area contributed by atoms with Gasteiger partial charge in [0.05, 0.1) is 12.3 Å². The van der Waals surface area contributed by atoms with Crippen LogP contribution in [-0.4, -0.2) is 22.1 Å². The molecule has 4 fully saturated rings. The lowest BCUT2D eigenvalue weighted by Gasteiger charge is -2.57. The van der Waals surface area contributed by atoms with Gasteiger partial charge >= 0.3 is 5.97 Å². The van der Waals surface area contributed by atoms with Crippen LogP contribution in [-0.2, 0) is 18.2 Å². The highest BCUT2D eigenvalue weighted by Gasteiger charge is 2.50. The molecule has 0 amide bonds. The van der Waals surface area contributed by atoms with Crippen molar-refractivity contribution in [2.24, 2.45) is 30.2 Å². The van der Waals surface area contributed by atoms with Crippen LogP contribution < -0.4 is 0 Å². The van der Waals surface area contributed by atoms with Crippen molar-refractivity contribution in [1.29, 1.82) is 0 Å². The zero-order valence-corrected chi connectivity index (χ0v) is 18.6. The van der Waals surface area contributed by atoms with Crippen LogP contribution in [0.3, 0.4) is 0 Å². The van der Waals surface area contributed by atoms with E-state index in [1.165, 1.54) is 44.1 Å². The highest BCUT2D eigenvalue weighted by atomic mass is 16.5. The smallest absolute Gasteiger partial charge is 0.356 e. The number of hydrogen-bond acceptors (Lipinski definition) is 3. The number of carbonyl (C=O) groups excluding carboxylic acids is 1. The normalized spacial score (nSPS) is 29.4. The third-order valence-electron chi connectivity index (χ3n) is 8.08. The van der Waals surface area contributed by atoms with Crippen molar-refractivity contribution in [3.63, 3.8) is 0 Å². The Hall–Kier alpha value is -2.10. The van der Waals surface area contributed by atoms with Crippen LogP contribution >= 0.6 is 0 Å². The number of hydrogen-bond donors (Lipinski definition) is 0. The van der Waals surface area contributed by atoms with Gasteiger partial charge in [0.1, 0.15) is 5.82 Å². The van der Waals surface area contributed by atoms with Crippen molar-refractivity contribution in [2.45, 2.75) is 65.2 Å². The predicted octanol–water partition coefficient (Wildman–Crippen LogP) is 5.72. The molecule has 1 heterocycles. The van der Waals surface area contributed by atoms with E-state index in [0.717, 1.165) is 47.7 Å². The van der Waals surface area contributed by atoms with Crippen molar-refractivity contribution in [3.8, 4) is 11.4 Å². The molecule has 0 radical (unpaired) electrons. The van der Waals surface area contributed by atoms with E-state index < -0.39 is 0 Å². The standard InChI is InChI=1S/C26H34N2O2/c1-4-30-25(29)23-22(27-24(28(23)3)21-8-6-5-7-17(21)2)9-10-26-14-18-11-19(15-26)13-20(12-18)16-26/h5-8,18-20H,4,9-16H2,1-3H3. The van der Waals surface area contributed by atoms with Gasteiger partial charge in [0, 0.05) is 12.6 Å². The molecule has 0 N–H and O–H groups in total. The Morgan fingerprint density at radius 3 is 2.37 bits per heavy atom. The van der Waals surface area contributed by atoms with Crippen molar-refractivity contribution >= 4 is 5.97 Å². The second kappa shape index (κ2) is 7.55. The molecule has 30 heavy (non-hydrogen) atoms. The Morgan fingerprint density at radius 2 is 1.77 bits per heavy atom. The van der Waals surface area contributed by atoms with Gasteiger partial charge in [-0.1, -0.05) is 24.3 Å². The largest absolute Gasteiger partial charge is 0.461 e. The van der Waals surface area contributed by atoms with Crippen molar-refractivity contribution in [1.82, 2.24) is 9.55 Å². The zero-order chi connectivity index (χ0) is 20.9. The summed E-state index contributed by atoms with van der Waals surface area (Å²) in [7, 11) is 1.95. The molecule has 0 spiro atoms. The molecule has 0 atom stereocenters. The summed E-state index contributed by atoms with van der Waals surface area (Å²) in [6.07, 6.45) is 10.6. The van der Waals surface area contributed by atoms with E-state index >= 15 is 0 Å². The number of aryl methyl sites for hydroxylation is 2. The summed E-state index contributed by atoms with van der Waals surface area (Å²) < 4.78 is 7.38. The summed E-state index contributed by atoms with van der Waals surface area (Å²) in [4.78, 5) is 17.9. The number of benzene rings is 1. The Morgan fingerprint density at radius 1 is 1.13 bits per heavy atom. The molecular weight excluding hydrogens is 372 g/mol. The fraction of sp³-hybridized carbons (Fsp3) is 0.615. The van der Waals surface area contributed by atoms with Gasteiger partial charge in [0.2, 0.25) is 0 Å². The molecule has 4 saturated carbocycles. The first kappa shape index (κ1) is 19.8. The lowest BCUT2D eigenvalue weighted by molar-refractivity contribution is -0.0571. The summed E-state index contributed by atoms with van der Waals surface area (Å²) in [5.41, 5.74) is 4.31. The second-order valence-electron chi connectivity index (χ2n) is 10.2. The molecule has 0 saturated heterocycles. The lowest BCUT2D eigenvalue weighted by atomic mass is 9.48. The number of carbonyl (C=O) groups is 1. The fourth-order valence-electron chi connectivity index (χ4n) is 7.23. The minimum atomic E-state index is -0.243. The molecule has 4 nitrogen and oxygen atoms in total. The van der Waals surface area contributed by atoms with Crippen molar-refractivity contribution in [2.75, 3.05) is 6.61 Å². The minimum Gasteiger partial charge on any atom is -0.461 e. The van der Waals surface area contributed by atoms with Crippen LogP contribution in [0.1, 0.15) is 73.6 Å². The van der Waals surface area contributed by atoms with Crippen LogP contribution in [0, 0.1) is 30.1 Å². The SMILES string of the molecule is CCOC(=O)c1c(CCC23CC4CC(CC(C4)C2)C3)nc(-c2ccccc2C)n1C. The molecule has 4 heteroatoms. The number of nitrogens with zero attached hydrogens (tertiary/aromatic N) is 2. The van der Waals surface area contributed by atoms with Gasteiger partial charge in [-0.25, -0.2) is 9.78 Å². The summed E-state index contributed by atoms with van der Waals surface area (Å²) in [6, 6.07) is 8.27. The minimum absolute atomic E-state index is 0.243. The molecule has 4 bridgehead atoms. The summed E-state index contributed by atoms with van der Waals surface area (Å²) in [5.74, 6) is 3.48. The maximum Gasteiger partial charge on any atom is 0.356 e. The van der Waals surface area contributed by atoms with Gasteiger partial charge < -0.3 is 9.30 Å². The van der Waals surface area contributed by atoms with E-state index in [1.54, 1.807) is 0 Å². The van der Waals surface area contributed by atoms with Crippen LogP contribution in [0.4, 0.5) is 0 Å². The third kappa shape index (κ3) is 3.38. The van der Waals surface area contributed by atoms with Gasteiger partial charge in [0.25, 0.3) is 0 Å². The molecule has 2 aromatic rings. The van der Waals surface area contributed by atoms with Gasteiger partial charge in [-0.3, -0.25) is 0 Å². The maximum atomic E-state index is 12.9. The molecule has 0 unspecified atom stereocenters. The molecule has 160 valence electrons. The summed E-state index contributed by atoms with van der Waals surface area (Å²) in [5, 5.41) is 0. The van der Waals surface area contributed by atoms with E-state index in [0.29, 0.717) is 17.7 Å².